The van der Waals surface area contributed by atoms with E-state index < -0.39 is 0 Å². The lowest BCUT2D eigenvalue weighted by molar-refractivity contribution is 1.19. The first-order valence-corrected chi connectivity index (χ1v) is 17.8. The summed E-state index contributed by atoms with van der Waals surface area (Å²) < 4.78 is 4.93. The summed E-state index contributed by atoms with van der Waals surface area (Å²) in [6, 6.07) is 61.0. The van der Waals surface area contributed by atoms with E-state index in [2.05, 4.69) is 155 Å². The molecule has 4 nitrogen and oxygen atoms in total. The summed E-state index contributed by atoms with van der Waals surface area (Å²) >= 11 is 0. The van der Waals surface area contributed by atoms with Crippen molar-refractivity contribution in [3.8, 4) is 28.2 Å². The van der Waals surface area contributed by atoms with Gasteiger partial charge in [-0.1, -0.05) is 115 Å². The maximum Gasteiger partial charge on any atom is 0.0973 e. The fraction of sp³-hybridized carbons (Fsp3) is 0. The minimum atomic E-state index is 0.876. The van der Waals surface area contributed by atoms with Gasteiger partial charge in [-0.05, 0) is 65.4 Å². The molecule has 12 rings (SSSR count). The maximum atomic E-state index is 5.24. The summed E-state index contributed by atoms with van der Waals surface area (Å²) in [5.74, 6) is 0. The molecule has 0 aliphatic heterocycles. The molecule has 0 spiro atoms. The first-order valence-electron chi connectivity index (χ1n) is 17.8. The average molecular weight is 661 g/mol. The highest BCUT2D eigenvalue weighted by Crippen LogP contribution is 2.46. The van der Waals surface area contributed by atoms with Crippen LogP contribution in [0.1, 0.15) is 0 Å². The molecule has 0 amide bonds. The van der Waals surface area contributed by atoms with Crippen molar-refractivity contribution < 1.29 is 0 Å². The molecule has 12 aromatic rings. The highest BCUT2D eigenvalue weighted by Gasteiger charge is 2.24. The number of rotatable bonds is 3. The second-order valence-corrected chi connectivity index (χ2v) is 13.8. The van der Waals surface area contributed by atoms with Crippen LogP contribution in [0.2, 0.25) is 0 Å². The number of benzene rings is 8. The van der Waals surface area contributed by atoms with E-state index in [1.165, 1.54) is 70.7 Å². The Morgan fingerprint density at radius 2 is 0.904 bits per heavy atom. The van der Waals surface area contributed by atoms with Gasteiger partial charge >= 0.3 is 0 Å². The first-order chi connectivity index (χ1) is 25.8. The minimum Gasteiger partial charge on any atom is -0.309 e. The van der Waals surface area contributed by atoms with Crippen LogP contribution in [0.25, 0.3) is 110 Å². The van der Waals surface area contributed by atoms with E-state index in [-0.39, 0.29) is 0 Å². The van der Waals surface area contributed by atoms with Gasteiger partial charge in [0.25, 0.3) is 0 Å². The van der Waals surface area contributed by atoms with Gasteiger partial charge in [-0.3, -0.25) is 0 Å². The largest absolute Gasteiger partial charge is 0.309 e. The van der Waals surface area contributed by atoms with Crippen LogP contribution >= 0.6 is 0 Å². The molecule has 0 aliphatic carbocycles. The summed E-state index contributed by atoms with van der Waals surface area (Å²) in [6.07, 6.45) is 0. The molecule has 0 unspecified atom stereocenters. The van der Waals surface area contributed by atoms with Gasteiger partial charge in [0, 0.05) is 49.1 Å². The number of nitrogens with zero attached hydrogens (tertiary/aromatic N) is 4. The average Bonchev–Trinajstić information content (AvgIpc) is 3.85. The van der Waals surface area contributed by atoms with E-state index in [0.29, 0.717) is 0 Å². The lowest BCUT2D eigenvalue weighted by atomic mass is 10.00. The van der Waals surface area contributed by atoms with E-state index in [0.717, 1.165) is 39.2 Å². The normalized spacial score (nSPS) is 12.2. The predicted octanol–water partition coefficient (Wildman–Crippen LogP) is 12.4. The van der Waals surface area contributed by atoms with Crippen LogP contribution in [0, 0.1) is 0 Å². The fourth-order valence-corrected chi connectivity index (χ4v) is 8.73. The second kappa shape index (κ2) is 10.3. The van der Waals surface area contributed by atoms with E-state index >= 15 is 0 Å². The third kappa shape index (κ3) is 3.70. The van der Waals surface area contributed by atoms with Gasteiger partial charge in [0.1, 0.15) is 0 Å². The molecule has 0 bridgehead atoms. The Bertz CT molecular complexity index is 3400. The van der Waals surface area contributed by atoms with Crippen molar-refractivity contribution in [2.75, 3.05) is 0 Å². The Morgan fingerprint density at radius 1 is 0.365 bits per heavy atom. The number of aromatic nitrogens is 4. The lowest BCUT2D eigenvalue weighted by Gasteiger charge is -2.13. The summed E-state index contributed by atoms with van der Waals surface area (Å²) in [4.78, 5) is 10.4. The summed E-state index contributed by atoms with van der Waals surface area (Å²) in [5, 5.41) is 10.1. The Hall–Kier alpha value is -7.04. The summed E-state index contributed by atoms with van der Waals surface area (Å²) in [7, 11) is 0. The molecule has 4 heterocycles. The molecule has 4 heteroatoms. The van der Waals surface area contributed by atoms with Crippen LogP contribution < -0.4 is 0 Å². The SMILES string of the molecule is c1ccc2cc(-c3nc4ccccc4nc3-c3ccc(-n4c5ccccc5c5cc6c7ccccc7n7c8ccccc8c(c54)c67)cc3)ccc2c1. The van der Waals surface area contributed by atoms with Crippen molar-refractivity contribution >= 4 is 81.7 Å². The number of hydrogen-bond donors (Lipinski definition) is 0. The zero-order valence-electron chi connectivity index (χ0n) is 28.0. The third-order valence-corrected chi connectivity index (χ3v) is 11.0. The van der Waals surface area contributed by atoms with Crippen LogP contribution in [0.3, 0.4) is 0 Å². The van der Waals surface area contributed by atoms with Crippen molar-refractivity contribution in [3.05, 3.63) is 170 Å². The molecule has 4 aromatic heterocycles. The Morgan fingerprint density at radius 3 is 1.65 bits per heavy atom. The predicted molar refractivity (Wildman–Crippen MR) is 217 cm³/mol. The van der Waals surface area contributed by atoms with Gasteiger partial charge in [0.2, 0.25) is 0 Å². The molecule has 0 saturated carbocycles. The number of hydrogen-bond acceptors (Lipinski definition) is 2. The number of para-hydroxylation sites is 5. The van der Waals surface area contributed by atoms with E-state index in [1.54, 1.807) is 0 Å². The molecule has 0 atom stereocenters. The first kappa shape index (κ1) is 27.7. The van der Waals surface area contributed by atoms with Crippen molar-refractivity contribution in [2.24, 2.45) is 0 Å². The molecule has 0 saturated heterocycles. The third-order valence-electron chi connectivity index (χ3n) is 11.0. The highest BCUT2D eigenvalue weighted by atomic mass is 15.0. The van der Waals surface area contributed by atoms with Crippen LogP contribution in [0.5, 0.6) is 0 Å². The molecule has 0 N–H and O–H groups in total. The quantitative estimate of drug-likeness (QED) is 0.189. The van der Waals surface area contributed by atoms with E-state index in [1.807, 2.05) is 24.3 Å². The molecule has 8 aromatic carbocycles. The van der Waals surface area contributed by atoms with Crippen molar-refractivity contribution in [2.45, 2.75) is 0 Å². The lowest BCUT2D eigenvalue weighted by Crippen LogP contribution is -1.97. The maximum absolute atomic E-state index is 5.24. The van der Waals surface area contributed by atoms with Gasteiger partial charge in [0.05, 0.1) is 50.0 Å². The summed E-state index contributed by atoms with van der Waals surface area (Å²) in [6.45, 7) is 0. The fourth-order valence-electron chi connectivity index (χ4n) is 8.73. The van der Waals surface area contributed by atoms with Gasteiger partial charge in [-0.2, -0.15) is 0 Å². The van der Waals surface area contributed by atoms with E-state index in [4.69, 9.17) is 9.97 Å². The topological polar surface area (TPSA) is 35.1 Å². The van der Waals surface area contributed by atoms with Crippen molar-refractivity contribution in [3.63, 3.8) is 0 Å². The van der Waals surface area contributed by atoms with Crippen LogP contribution in [0.15, 0.2) is 170 Å². The minimum absolute atomic E-state index is 0.876. The van der Waals surface area contributed by atoms with Gasteiger partial charge in [-0.15, -0.1) is 0 Å². The van der Waals surface area contributed by atoms with Gasteiger partial charge in [-0.25, -0.2) is 9.97 Å². The highest BCUT2D eigenvalue weighted by molar-refractivity contribution is 6.34. The zero-order chi connectivity index (χ0) is 33.9. The number of fused-ring (bicyclic) bond motifs is 12. The molecular formula is C48H28N4. The standard InChI is InChI=1S/C48H28N4/c1-2-12-31-27-32(22-21-29(31)11-1)46-45(49-39-16-6-7-17-40(39)50-46)30-23-25-33(26-24-30)51-41-18-8-3-13-34(41)37-28-38-35-14-4-9-19-42(35)52-43-20-10-5-15-36(43)44(47(37)51)48(38)52/h1-28H. The van der Waals surface area contributed by atoms with Crippen molar-refractivity contribution in [1.82, 2.24) is 18.9 Å². The van der Waals surface area contributed by atoms with E-state index in [9.17, 15) is 0 Å². The Kier molecular flexibility index (Phi) is 5.47. The molecule has 0 fully saturated rings. The molecule has 0 aliphatic rings. The zero-order valence-corrected chi connectivity index (χ0v) is 28.0. The van der Waals surface area contributed by atoms with Crippen LogP contribution in [0.4, 0.5) is 0 Å². The molecule has 52 heavy (non-hydrogen) atoms. The van der Waals surface area contributed by atoms with Gasteiger partial charge < -0.3 is 8.97 Å². The summed E-state index contributed by atoms with van der Waals surface area (Å²) in [5.41, 5.74) is 12.9. The smallest absolute Gasteiger partial charge is 0.0973 e. The second-order valence-electron chi connectivity index (χ2n) is 13.8. The van der Waals surface area contributed by atoms with Crippen LogP contribution in [-0.2, 0) is 0 Å². The molecule has 240 valence electrons. The Labute approximate surface area is 297 Å². The monoisotopic (exact) mass is 660 g/mol. The molecule has 0 radical (unpaired) electrons. The van der Waals surface area contributed by atoms with Crippen molar-refractivity contribution in [1.29, 1.82) is 0 Å². The Balaban J connectivity index is 1.12. The molecular weight excluding hydrogens is 633 g/mol. The van der Waals surface area contributed by atoms with Gasteiger partial charge in [0.15, 0.2) is 0 Å². The van der Waals surface area contributed by atoms with Crippen LogP contribution in [-0.4, -0.2) is 18.9 Å².